The SMILES string of the molecule is O=C1CC[C@H](C(=O)NC2(C(=O)NC3CCCCC3)CCCCC2)N1. The monoisotopic (exact) mass is 335 g/mol. The Hall–Kier alpha value is -1.59. The summed E-state index contributed by atoms with van der Waals surface area (Å²) < 4.78 is 0. The molecule has 1 atom stereocenters. The molecule has 0 aromatic heterocycles. The van der Waals surface area contributed by atoms with Crippen LogP contribution in [-0.4, -0.2) is 35.3 Å². The second kappa shape index (κ2) is 7.53. The van der Waals surface area contributed by atoms with Gasteiger partial charge in [0, 0.05) is 12.5 Å². The fourth-order valence-corrected chi connectivity index (χ4v) is 4.27. The first kappa shape index (κ1) is 17.2. The molecule has 3 fully saturated rings. The van der Waals surface area contributed by atoms with Crippen molar-refractivity contribution in [2.24, 2.45) is 0 Å². The molecule has 1 aliphatic heterocycles. The Morgan fingerprint density at radius 3 is 2.25 bits per heavy atom. The molecule has 24 heavy (non-hydrogen) atoms. The van der Waals surface area contributed by atoms with Crippen molar-refractivity contribution in [1.82, 2.24) is 16.0 Å². The molecule has 0 radical (unpaired) electrons. The van der Waals surface area contributed by atoms with E-state index in [0.29, 0.717) is 25.7 Å². The maximum atomic E-state index is 13.0. The first-order valence-corrected chi connectivity index (χ1v) is 9.51. The van der Waals surface area contributed by atoms with Gasteiger partial charge in [-0.25, -0.2) is 0 Å². The molecular weight excluding hydrogens is 306 g/mol. The number of carbonyl (C=O) groups is 3. The van der Waals surface area contributed by atoms with E-state index in [9.17, 15) is 14.4 Å². The Morgan fingerprint density at radius 2 is 1.62 bits per heavy atom. The first-order chi connectivity index (χ1) is 11.6. The number of hydrogen-bond acceptors (Lipinski definition) is 3. The lowest BCUT2D eigenvalue weighted by Crippen LogP contribution is -2.63. The lowest BCUT2D eigenvalue weighted by atomic mass is 9.80. The molecule has 3 aliphatic rings. The maximum Gasteiger partial charge on any atom is 0.245 e. The van der Waals surface area contributed by atoms with E-state index in [1.807, 2.05) is 0 Å². The molecule has 0 spiro atoms. The van der Waals surface area contributed by atoms with Crippen LogP contribution in [0.4, 0.5) is 0 Å². The van der Waals surface area contributed by atoms with Gasteiger partial charge in [-0.05, 0) is 32.1 Å². The van der Waals surface area contributed by atoms with Crippen LogP contribution in [0, 0.1) is 0 Å². The summed E-state index contributed by atoms with van der Waals surface area (Å²) in [7, 11) is 0. The van der Waals surface area contributed by atoms with Gasteiger partial charge in [0.15, 0.2) is 0 Å². The standard InChI is InChI=1S/C18H29N3O3/c22-15-10-9-14(20-15)16(23)21-18(11-5-2-6-12-18)17(24)19-13-7-3-1-4-8-13/h13-14H,1-12H2,(H,19,24)(H,20,22)(H,21,23)/t14-/m1/s1. The molecule has 0 aromatic rings. The molecule has 6 nitrogen and oxygen atoms in total. The predicted octanol–water partition coefficient (Wildman–Crippen LogP) is 1.53. The molecule has 0 aromatic carbocycles. The third-order valence-corrected chi connectivity index (χ3v) is 5.76. The van der Waals surface area contributed by atoms with Crippen LogP contribution in [-0.2, 0) is 14.4 Å². The van der Waals surface area contributed by atoms with Crippen molar-refractivity contribution in [2.45, 2.75) is 94.7 Å². The average molecular weight is 335 g/mol. The highest BCUT2D eigenvalue weighted by molar-refractivity contribution is 5.96. The third kappa shape index (κ3) is 3.90. The zero-order chi connectivity index (χ0) is 17.0. The maximum absolute atomic E-state index is 13.0. The zero-order valence-corrected chi connectivity index (χ0v) is 14.4. The van der Waals surface area contributed by atoms with Crippen LogP contribution in [0.2, 0.25) is 0 Å². The number of carbonyl (C=O) groups excluding carboxylic acids is 3. The minimum absolute atomic E-state index is 0.0215. The minimum Gasteiger partial charge on any atom is -0.351 e. The number of rotatable bonds is 4. The summed E-state index contributed by atoms with van der Waals surface area (Å²) in [6, 6.07) is -0.244. The number of amides is 3. The van der Waals surface area contributed by atoms with E-state index in [1.54, 1.807) is 0 Å². The summed E-state index contributed by atoms with van der Waals surface area (Å²) >= 11 is 0. The molecule has 0 bridgehead atoms. The van der Waals surface area contributed by atoms with E-state index in [2.05, 4.69) is 16.0 Å². The fourth-order valence-electron chi connectivity index (χ4n) is 4.27. The van der Waals surface area contributed by atoms with Crippen molar-refractivity contribution in [3.63, 3.8) is 0 Å². The highest BCUT2D eigenvalue weighted by atomic mass is 16.2. The fraction of sp³-hybridized carbons (Fsp3) is 0.833. The highest BCUT2D eigenvalue weighted by Gasteiger charge is 2.43. The van der Waals surface area contributed by atoms with E-state index in [0.717, 1.165) is 32.1 Å². The second-order valence-corrected chi connectivity index (χ2v) is 7.60. The summed E-state index contributed by atoms with van der Waals surface area (Å²) in [6.45, 7) is 0. The van der Waals surface area contributed by atoms with Crippen LogP contribution >= 0.6 is 0 Å². The molecule has 1 heterocycles. The molecule has 2 saturated carbocycles. The topological polar surface area (TPSA) is 87.3 Å². The van der Waals surface area contributed by atoms with Crippen LogP contribution < -0.4 is 16.0 Å². The van der Waals surface area contributed by atoms with E-state index < -0.39 is 11.6 Å². The Balaban J connectivity index is 1.65. The van der Waals surface area contributed by atoms with Gasteiger partial charge in [-0.3, -0.25) is 14.4 Å². The lowest BCUT2D eigenvalue weighted by Gasteiger charge is -2.39. The van der Waals surface area contributed by atoms with Gasteiger partial charge in [0.1, 0.15) is 11.6 Å². The van der Waals surface area contributed by atoms with Gasteiger partial charge in [-0.2, -0.15) is 0 Å². The van der Waals surface area contributed by atoms with Crippen molar-refractivity contribution in [2.75, 3.05) is 0 Å². The quantitative estimate of drug-likeness (QED) is 0.728. The van der Waals surface area contributed by atoms with Crippen LogP contribution in [0.1, 0.15) is 77.0 Å². The van der Waals surface area contributed by atoms with Gasteiger partial charge in [0.2, 0.25) is 17.7 Å². The summed E-state index contributed by atoms with van der Waals surface area (Å²) in [4.78, 5) is 36.9. The number of hydrogen-bond donors (Lipinski definition) is 3. The van der Waals surface area contributed by atoms with Gasteiger partial charge >= 0.3 is 0 Å². The molecule has 134 valence electrons. The van der Waals surface area contributed by atoms with Gasteiger partial charge < -0.3 is 16.0 Å². The van der Waals surface area contributed by atoms with Crippen molar-refractivity contribution < 1.29 is 14.4 Å². The van der Waals surface area contributed by atoms with Crippen molar-refractivity contribution in [1.29, 1.82) is 0 Å². The normalized spacial score (nSPS) is 27.3. The van der Waals surface area contributed by atoms with Crippen LogP contribution in [0.3, 0.4) is 0 Å². The summed E-state index contributed by atoms with van der Waals surface area (Å²) in [5.74, 6) is -0.312. The number of nitrogens with one attached hydrogen (secondary N) is 3. The smallest absolute Gasteiger partial charge is 0.245 e. The summed E-state index contributed by atoms with van der Waals surface area (Å²) in [6.07, 6.45) is 11.0. The largest absolute Gasteiger partial charge is 0.351 e. The Bertz CT molecular complexity index is 494. The van der Waals surface area contributed by atoms with Gasteiger partial charge in [-0.1, -0.05) is 38.5 Å². The Morgan fingerprint density at radius 1 is 0.958 bits per heavy atom. The van der Waals surface area contributed by atoms with Crippen molar-refractivity contribution in [3.05, 3.63) is 0 Å². The molecule has 2 aliphatic carbocycles. The van der Waals surface area contributed by atoms with E-state index >= 15 is 0 Å². The summed E-state index contributed by atoms with van der Waals surface area (Å²) in [5, 5.41) is 8.91. The van der Waals surface area contributed by atoms with Gasteiger partial charge in [0.25, 0.3) is 0 Å². The van der Waals surface area contributed by atoms with Crippen LogP contribution in [0.5, 0.6) is 0 Å². The molecule has 3 N–H and O–H groups in total. The predicted molar refractivity (Wildman–Crippen MR) is 90.1 cm³/mol. The first-order valence-electron chi connectivity index (χ1n) is 9.51. The molecule has 6 heteroatoms. The second-order valence-electron chi connectivity index (χ2n) is 7.60. The van der Waals surface area contributed by atoms with Crippen LogP contribution in [0.15, 0.2) is 0 Å². The van der Waals surface area contributed by atoms with E-state index in [1.165, 1.54) is 19.3 Å². The van der Waals surface area contributed by atoms with Crippen molar-refractivity contribution >= 4 is 17.7 Å². The highest BCUT2D eigenvalue weighted by Crippen LogP contribution is 2.30. The third-order valence-electron chi connectivity index (χ3n) is 5.76. The van der Waals surface area contributed by atoms with Gasteiger partial charge in [-0.15, -0.1) is 0 Å². The molecule has 0 unspecified atom stereocenters. The molecule has 3 amide bonds. The summed E-state index contributed by atoms with van der Waals surface area (Å²) in [5.41, 5.74) is -0.792. The Kier molecular flexibility index (Phi) is 5.41. The van der Waals surface area contributed by atoms with E-state index in [4.69, 9.17) is 0 Å². The minimum atomic E-state index is -0.792. The van der Waals surface area contributed by atoms with Crippen LogP contribution in [0.25, 0.3) is 0 Å². The van der Waals surface area contributed by atoms with E-state index in [-0.39, 0.29) is 23.8 Å². The van der Waals surface area contributed by atoms with Crippen molar-refractivity contribution in [3.8, 4) is 0 Å². The Labute approximate surface area is 143 Å². The molecular formula is C18H29N3O3. The zero-order valence-electron chi connectivity index (χ0n) is 14.4. The average Bonchev–Trinajstić information content (AvgIpc) is 3.03. The molecule has 3 rings (SSSR count). The molecule has 1 saturated heterocycles. The lowest BCUT2D eigenvalue weighted by molar-refractivity contribution is -0.136. The van der Waals surface area contributed by atoms with Gasteiger partial charge in [0.05, 0.1) is 0 Å².